The lowest BCUT2D eigenvalue weighted by Gasteiger charge is -2.29. The molecular formula is C14H19FN2O2. The molecule has 2 atom stereocenters. The van der Waals surface area contributed by atoms with Crippen LogP contribution >= 0.6 is 0 Å². The van der Waals surface area contributed by atoms with E-state index in [2.05, 4.69) is 12.2 Å². The molecule has 1 aliphatic carbocycles. The van der Waals surface area contributed by atoms with Gasteiger partial charge < -0.3 is 5.32 Å². The molecule has 1 aliphatic rings. The van der Waals surface area contributed by atoms with Crippen molar-refractivity contribution in [1.82, 2.24) is 0 Å². The summed E-state index contributed by atoms with van der Waals surface area (Å²) in [5.74, 6) is 0.656. The Morgan fingerprint density at radius 1 is 1.42 bits per heavy atom. The summed E-state index contributed by atoms with van der Waals surface area (Å²) < 4.78 is 13.7. The van der Waals surface area contributed by atoms with Crippen molar-refractivity contribution in [3.63, 3.8) is 0 Å². The van der Waals surface area contributed by atoms with Crippen molar-refractivity contribution in [1.29, 1.82) is 0 Å². The molecule has 0 amide bonds. The fourth-order valence-corrected chi connectivity index (χ4v) is 2.70. The van der Waals surface area contributed by atoms with Crippen molar-refractivity contribution in [2.75, 3.05) is 11.9 Å². The molecule has 5 heteroatoms. The number of rotatable bonds is 4. The van der Waals surface area contributed by atoms with Crippen molar-refractivity contribution >= 4 is 11.4 Å². The number of halogens is 1. The highest BCUT2D eigenvalue weighted by Crippen LogP contribution is 2.30. The van der Waals surface area contributed by atoms with Crippen LogP contribution in [-0.4, -0.2) is 11.5 Å². The summed E-state index contributed by atoms with van der Waals surface area (Å²) in [4.78, 5) is 9.94. The number of non-ortho nitro benzene ring substituents is 1. The lowest BCUT2D eigenvalue weighted by atomic mass is 9.80. The van der Waals surface area contributed by atoms with E-state index in [1.165, 1.54) is 37.8 Å². The molecule has 2 rings (SSSR count). The van der Waals surface area contributed by atoms with Crippen LogP contribution in [0.25, 0.3) is 0 Å². The second kappa shape index (κ2) is 5.99. The minimum absolute atomic E-state index is 0.214. The first-order valence-corrected chi connectivity index (χ1v) is 6.75. The van der Waals surface area contributed by atoms with E-state index >= 15 is 0 Å². The zero-order valence-electron chi connectivity index (χ0n) is 11.1. The van der Waals surface area contributed by atoms with Crippen LogP contribution in [0.15, 0.2) is 18.2 Å². The summed E-state index contributed by atoms with van der Waals surface area (Å²) in [6.45, 7) is 2.97. The summed E-state index contributed by atoms with van der Waals surface area (Å²) in [5, 5.41) is 13.6. The lowest BCUT2D eigenvalue weighted by Crippen LogP contribution is -2.24. The van der Waals surface area contributed by atoms with E-state index in [1.807, 2.05) is 0 Å². The zero-order chi connectivity index (χ0) is 13.8. The van der Waals surface area contributed by atoms with Gasteiger partial charge in [0.05, 0.1) is 16.7 Å². The molecule has 1 N–H and O–H groups in total. The van der Waals surface area contributed by atoms with E-state index in [-0.39, 0.29) is 5.69 Å². The molecule has 0 saturated heterocycles. The molecule has 1 fully saturated rings. The summed E-state index contributed by atoms with van der Waals surface area (Å²) >= 11 is 0. The maximum absolute atomic E-state index is 13.7. The van der Waals surface area contributed by atoms with Crippen molar-refractivity contribution in [2.45, 2.75) is 32.6 Å². The Hall–Kier alpha value is -1.65. The van der Waals surface area contributed by atoms with Gasteiger partial charge in [0.2, 0.25) is 0 Å². The molecule has 104 valence electrons. The summed E-state index contributed by atoms with van der Waals surface area (Å²) in [7, 11) is 0. The van der Waals surface area contributed by atoms with E-state index in [1.54, 1.807) is 0 Å². The number of nitro benzene ring substituents is 1. The van der Waals surface area contributed by atoms with Crippen molar-refractivity contribution in [2.24, 2.45) is 11.8 Å². The van der Waals surface area contributed by atoms with E-state index in [0.717, 1.165) is 12.6 Å². The Balaban J connectivity index is 1.97. The number of hydrogen-bond acceptors (Lipinski definition) is 3. The molecule has 1 saturated carbocycles. The van der Waals surface area contributed by atoms with Gasteiger partial charge in [0, 0.05) is 12.6 Å². The molecule has 1 aromatic carbocycles. The Bertz CT molecular complexity index is 465. The van der Waals surface area contributed by atoms with E-state index < -0.39 is 10.7 Å². The van der Waals surface area contributed by atoms with Gasteiger partial charge in [-0.15, -0.1) is 0 Å². The Morgan fingerprint density at radius 3 is 2.79 bits per heavy atom. The highest BCUT2D eigenvalue weighted by atomic mass is 19.1. The highest BCUT2D eigenvalue weighted by Gasteiger charge is 2.21. The number of benzene rings is 1. The number of nitrogens with zero attached hydrogens (tertiary/aromatic N) is 1. The maximum atomic E-state index is 13.7. The largest absolute Gasteiger partial charge is 0.382 e. The second-order valence-corrected chi connectivity index (χ2v) is 5.32. The molecule has 1 aromatic rings. The average molecular weight is 266 g/mol. The first kappa shape index (κ1) is 13.8. The Labute approximate surface area is 112 Å². The van der Waals surface area contributed by atoms with Crippen LogP contribution < -0.4 is 5.32 Å². The average Bonchev–Trinajstić information content (AvgIpc) is 2.39. The third kappa shape index (κ3) is 3.43. The lowest BCUT2D eigenvalue weighted by molar-refractivity contribution is -0.385. The van der Waals surface area contributed by atoms with Crippen molar-refractivity contribution < 1.29 is 9.31 Å². The van der Waals surface area contributed by atoms with Gasteiger partial charge >= 0.3 is 0 Å². The van der Waals surface area contributed by atoms with Crippen LogP contribution in [0.4, 0.5) is 15.8 Å². The number of anilines is 1. The van der Waals surface area contributed by atoms with E-state index in [0.29, 0.717) is 17.5 Å². The normalized spacial score (nSPS) is 23.1. The van der Waals surface area contributed by atoms with Gasteiger partial charge in [0.1, 0.15) is 0 Å². The number of nitro groups is 1. The van der Waals surface area contributed by atoms with E-state index in [4.69, 9.17) is 0 Å². The predicted octanol–water partition coefficient (Wildman–Crippen LogP) is 3.97. The molecule has 0 aliphatic heterocycles. The Kier molecular flexibility index (Phi) is 4.35. The third-order valence-electron chi connectivity index (χ3n) is 4.01. The van der Waals surface area contributed by atoms with Gasteiger partial charge in [-0.1, -0.05) is 26.2 Å². The summed E-state index contributed by atoms with van der Waals surface area (Å²) in [6.07, 6.45) is 4.92. The van der Waals surface area contributed by atoms with Gasteiger partial charge in [-0.05, 0) is 24.3 Å². The fourth-order valence-electron chi connectivity index (χ4n) is 2.70. The van der Waals surface area contributed by atoms with Gasteiger partial charge in [-0.25, -0.2) is 4.39 Å². The maximum Gasteiger partial charge on any atom is 0.272 e. The van der Waals surface area contributed by atoms with Gasteiger partial charge in [-0.3, -0.25) is 10.1 Å². The standard InChI is InChI=1S/C14H19FN2O2/c1-10-4-2-3-5-11(10)9-16-14-7-6-12(17(18)19)8-13(14)15/h6-8,10-11,16H,2-5,9H2,1H3. The zero-order valence-corrected chi connectivity index (χ0v) is 11.1. The first-order chi connectivity index (χ1) is 9.08. The molecule has 19 heavy (non-hydrogen) atoms. The minimum atomic E-state index is -0.587. The SMILES string of the molecule is CC1CCCCC1CNc1ccc([N+](=O)[O-])cc1F. The van der Waals surface area contributed by atoms with Crippen LogP contribution in [0, 0.1) is 27.8 Å². The minimum Gasteiger partial charge on any atom is -0.382 e. The smallest absolute Gasteiger partial charge is 0.272 e. The van der Waals surface area contributed by atoms with Crippen molar-refractivity contribution in [3.05, 3.63) is 34.1 Å². The van der Waals surface area contributed by atoms with Crippen LogP contribution in [-0.2, 0) is 0 Å². The molecule has 0 heterocycles. The van der Waals surface area contributed by atoms with E-state index in [9.17, 15) is 14.5 Å². The molecule has 0 aromatic heterocycles. The van der Waals surface area contributed by atoms with Gasteiger partial charge in [-0.2, -0.15) is 0 Å². The molecule has 2 unspecified atom stereocenters. The number of nitrogens with one attached hydrogen (secondary N) is 1. The number of hydrogen-bond donors (Lipinski definition) is 1. The van der Waals surface area contributed by atoms with Crippen LogP contribution in [0.1, 0.15) is 32.6 Å². The molecule has 4 nitrogen and oxygen atoms in total. The third-order valence-corrected chi connectivity index (χ3v) is 4.01. The summed E-state index contributed by atoms with van der Waals surface area (Å²) in [6, 6.07) is 3.74. The first-order valence-electron chi connectivity index (χ1n) is 6.75. The Morgan fingerprint density at radius 2 is 2.16 bits per heavy atom. The molecular weight excluding hydrogens is 247 g/mol. The second-order valence-electron chi connectivity index (χ2n) is 5.32. The van der Waals surface area contributed by atoms with Gasteiger partial charge in [0.25, 0.3) is 5.69 Å². The van der Waals surface area contributed by atoms with Crippen molar-refractivity contribution in [3.8, 4) is 0 Å². The summed E-state index contributed by atoms with van der Waals surface area (Å²) in [5.41, 5.74) is 0.137. The van der Waals surface area contributed by atoms with Gasteiger partial charge in [0.15, 0.2) is 5.82 Å². The van der Waals surface area contributed by atoms with Crippen LogP contribution in [0.3, 0.4) is 0 Å². The quantitative estimate of drug-likeness (QED) is 0.662. The van der Waals surface area contributed by atoms with Crippen LogP contribution in [0.5, 0.6) is 0 Å². The van der Waals surface area contributed by atoms with Crippen LogP contribution in [0.2, 0.25) is 0 Å². The highest BCUT2D eigenvalue weighted by molar-refractivity contribution is 5.50. The molecule has 0 spiro atoms. The monoisotopic (exact) mass is 266 g/mol. The topological polar surface area (TPSA) is 55.2 Å². The molecule has 0 radical (unpaired) electrons. The predicted molar refractivity (Wildman–Crippen MR) is 72.7 cm³/mol. The molecule has 0 bridgehead atoms. The fraction of sp³-hybridized carbons (Fsp3) is 0.571.